The van der Waals surface area contributed by atoms with Crippen molar-refractivity contribution in [3.05, 3.63) is 18.0 Å². The molecule has 0 spiro atoms. The fourth-order valence-corrected chi connectivity index (χ4v) is 1.30. The van der Waals surface area contributed by atoms with Crippen molar-refractivity contribution < 1.29 is 0 Å². The van der Waals surface area contributed by atoms with Crippen LogP contribution < -0.4 is 5.32 Å². The predicted octanol–water partition coefficient (Wildman–Crippen LogP) is 1.96. The molecule has 0 bridgehead atoms. The quantitative estimate of drug-likeness (QED) is 0.752. The first kappa shape index (κ1) is 10.3. The van der Waals surface area contributed by atoms with Gasteiger partial charge in [0.25, 0.3) is 0 Å². The third-order valence-corrected chi connectivity index (χ3v) is 2.32. The maximum Gasteiger partial charge on any atom is 0.0525 e. The molecule has 1 N–H and O–H groups in total. The molecule has 0 amide bonds. The van der Waals surface area contributed by atoms with Gasteiger partial charge >= 0.3 is 0 Å². The van der Waals surface area contributed by atoms with Crippen LogP contribution >= 0.6 is 0 Å². The van der Waals surface area contributed by atoms with Crippen LogP contribution in [-0.4, -0.2) is 16.3 Å². The van der Waals surface area contributed by atoms with Gasteiger partial charge in [-0.2, -0.15) is 5.10 Å². The summed E-state index contributed by atoms with van der Waals surface area (Å²) in [5, 5.41) is 7.63. The average molecular weight is 181 g/mol. The number of rotatable bonds is 5. The zero-order valence-corrected chi connectivity index (χ0v) is 8.75. The molecule has 0 saturated heterocycles. The molecule has 0 fully saturated rings. The van der Waals surface area contributed by atoms with Gasteiger partial charge in [0.15, 0.2) is 0 Å². The van der Waals surface area contributed by atoms with E-state index in [9.17, 15) is 0 Å². The first-order chi connectivity index (χ1) is 6.29. The van der Waals surface area contributed by atoms with Crippen molar-refractivity contribution in [1.82, 2.24) is 15.1 Å². The van der Waals surface area contributed by atoms with Crippen LogP contribution in [0.3, 0.4) is 0 Å². The van der Waals surface area contributed by atoms with Gasteiger partial charge in [-0.15, -0.1) is 0 Å². The van der Waals surface area contributed by atoms with Crippen molar-refractivity contribution in [1.29, 1.82) is 0 Å². The Labute approximate surface area is 80.1 Å². The van der Waals surface area contributed by atoms with Crippen molar-refractivity contribution in [2.24, 2.45) is 0 Å². The second-order valence-electron chi connectivity index (χ2n) is 3.30. The van der Waals surface area contributed by atoms with Gasteiger partial charge in [0.1, 0.15) is 0 Å². The summed E-state index contributed by atoms with van der Waals surface area (Å²) in [6.07, 6.45) is 3.00. The standard InChI is InChI=1S/C10H19N3/c1-4-9(3)13-10(6-7-12-13)8-11-5-2/h6-7,9,11H,4-5,8H2,1-3H3/t9-/m1/s1. The highest BCUT2D eigenvalue weighted by Gasteiger charge is 2.06. The number of hydrogen-bond acceptors (Lipinski definition) is 2. The Kier molecular flexibility index (Phi) is 3.96. The molecule has 1 aromatic heterocycles. The van der Waals surface area contributed by atoms with Gasteiger partial charge in [-0.3, -0.25) is 4.68 Å². The summed E-state index contributed by atoms with van der Waals surface area (Å²) in [6, 6.07) is 2.58. The molecule has 0 radical (unpaired) electrons. The number of aromatic nitrogens is 2. The smallest absolute Gasteiger partial charge is 0.0525 e. The Bertz CT molecular complexity index is 242. The van der Waals surface area contributed by atoms with E-state index in [-0.39, 0.29) is 0 Å². The SMILES string of the molecule is CCNCc1ccnn1[C@H](C)CC. The van der Waals surface area contributed by atoms with Crippen molar-refractivity contribution in [3.63, 3.8) is 0 Å². The molecule has 3 heteroatoms. The van der Waals surface area contributed by atoms with E-state index in [1.54, 1.807) is 0 Å². The summed E-state index contributed by atoms with van der Waals surface area (Å²) in [5.74, 6) is 0. The zero-order chi connectivity index (χ0) is 9.68. The lowest BCUT2D eigenvalue weighted by atomic mass is 10.2. The third-order valence-electron chi connectivity index (χ3n) is 2.32. The first-order valence-electron chi connectivity index (χ1n) is 5.02. The molecule has 1 atom stereocenters. The van der Waals surface area contributed by atoms with E-state index < -0.39 is 0 Å². The molecule has 1 rings (SSSR count). The summed E-state index contributed by atoms with van der Waals surface area (Å²) >= 11 is 0. The maximum absolute atomic E-state index is 4.32. The summed E-state index contributed by atoms with van der Waals surface area (Å²) in [5.41, 5.74) is 1.27. The molecule has 0 aliphatic rings. The lowest BCUT2D eigenvalue weighted by molar-refractivity contribution is 0.453. The van der Waals surface area contributed by atoms with Crippen LogP contribution in [0, 0.1) is 0 Å². The van der Waals surface area contributed by atoms with E-state index in [0.29, 0.717) is 6.04 Å². The highest BCUT2D eigenvalue weighted by molar-refractivity contribution is 5.01. The van der Waals surface area contributed by atoms with Gasteiger partial charge in [0.2, 0.25) is 0 Å². The summed E-state index contributed by atoms with van der Waals surface area (Å²) < 4.78 is 2.10. The molecule has 1 heterocycles. The molecule has 0 aliphatic carbocycles. The minimum absolute atomic E-state index is 0.503. The Morgan fingerprint density at radius 2 is 2.31 bits per heavy atom. The fourth-order valence-electron chi connectivity index (χ4n) is 1.30. The highest BCUT2D eigenvalue weighted by Crippen LogP contribution is 2.11. The molecule has 3 nitrogen and oxygen atoms in total. The highest BCUT2D eigenvalue weighted by atomic mass is 15.3. The second-order valence-corrected chi connectivity index (χ2v) is 3.30. The van der Waals surface area contributed by atoms with E-state index in [4.69, 9.17) is 0 Å². The normalized spacial score (nSPS) is 13.2. The van der Waals surface area contributed by atoms with Crippen molar-refractivity contribution in [3.8, 4) is 0 Å². The molecule has 13 heavy (non-hydrogen) atoms. The van der Waals surface area contributed by atoms with Crippen molar-refractivity contribution in [2.75, 3.05) is 6.54 Å². The Morgan fingerprint density at radius 3 is 2.92 bits per heavy atom. The molecule has 0 aromatic carbocycles. The van der Waals surface area contributed by atoms with Crippen LogP contribution in [0.15, 0.2) is 12.3 Å². The number of nitrogens with one attached hydrogen (secondary N) is 1. The zero-order valence-electron chi connectivity index (χ0n) is 8.75. The molecule has 74 valence electrons. The van der Waals surface area contributed by atoms with Gasteiger partial charge in [-0.25, -0.2) is 0 Å². The van der Waals surface area contributed by atoms with Crippen LogP contribution in [-0.2, 0) is 6.54 Å². The Hall–Kier alpha value is -0.830. The van der Waals surface area contributed by atoms with E-state index in [1.807, 2.05) is 6.20 Å². The predicted molar refractivity (Wildman–Crippen MR) is 54.6 cm³/mol. The molecular formula is C10H19N3. The van der Waals surface area contributed by atoms with E-state index >= 15 is 0 Å². The monoisotopic (exact) mass is 181 g/mol. The van der Waals surface area contributed by atoms with Gasteiger partial charge in [0.05, 0.1) is 5.69 Å². The Balaban J connectivity index is 2.65. The molecule has 0 aliphatic heterocycles. The van der Waals surface area contributed by atoms with Gasteiger partial charge < -0.3 is 5.32 Å². The lowest BCUT2D eigenvalue weighted by Gasteiger charge is -2.13. The maximum atomic E-state index is 4.32. The molecule has 0 unspecified atom stereocenters. The van der Waals surface area contributed by atoms with E-state index in [1.165, 1.54) is 5.69 Å². The van der Waals surface area contributed by atoms with Crippen LogP contribution in [0.25, 0.3) is 0 Å². The van der Waals surface area contributed by atoms with E-state index in [2.05, 4.69) is 41.9 Å². The number of hydrogen-bond donors (Lipinski definition) is 1. The van der Waals surface area contributed by atoms with Crippen molar-refractivity contribution in [2.45, 2.75) is 39.8 Å². The summed E-state index contributed by atoms with van der Waals surface area (Å²) in [6.45, 7) is 8.42. The van der Waals surface area contributed by atoms with Gasteiger partial charge in [-0.1, -0.05) is 13.8 Å². The average Bonchev–Trinajstić information content (AvgIpc) is 2.61. The fraction of sp³-hybridized carbons (Fsp3) is 0.700. The minimum Gasteiger partial charge on any atom is -0.311 e. The van der Waals surface area contributed by atoms with Crippen LogP contribution in [0.1, 0.15) is 38.9 Å². The first-order valence-corrected chi connectivity index (χ1v) is 5.02. The topological polar surface area (TPSA) is 29.9 Å². The van der Waals surface area contributed by atoms with Crippen LogP contribution in [0.5, 0.6) is 0 Å². The Morgan fingerprint density at radius 1 is 1.54 bits per heavy atom. The second kappa shape index (κ2) is 5.02. The molecular weight excluding hydrogens is 162 g/mol. The van der Waals surface area contributed by atoms with Crippen LogP contribution in [0.2, 0.25) is 0 Å². The van der Waals surface area contributed by atoms with Gasteiger partial charge in [0, 0.05) is 18.8 Å². The summed E-state index contributed by atoms with van der Waals surface area (Å²) in [4.78, 5) is 0. The van der Waals surface area contributed by atoms with Gasteiger partial charge in [-0.05, 0) is 26.0 Å². The van der Waals surface area contributed by atoms with Crippen LogP contribution in [0.4, 0.5) is 0 Å². The number of nitrogens with zero attached hydrogens (tertiary/aromatic N) is 2. The molecule has 0 saturated carbocycles. The largest absolute Gasteiger partial charge is 0.311 e. The van der Waals surface area contributed by atoms with Crippen molar-refractivity contribution >= 4 is 0 Å². The van der Waals surface area contributed by atoms with E-state index in [0.717, 1.165) is 19.5 Å². The minimum atomic E-state index is 0.503. The molecule has 1 aromatic rings. The summed E-state index contributed by atoms with van der Waals surface area (Å²) in [7, 11) is 0. The third kappa shape index (κ3) is 2.56. The lowest BCUT2D eigenvalue weighted by Crippen LogP contribution is -2.17.